The summed E-state index contributed by atoms with van der Waals surface area (Å²) in [6.07, 6.45) is -0.925. The zero-order chi connectivity index (χ0) is 20.9. The topological polar surface area (TPSA) is 49.9 Å². The molecular weight excluding hydrogens is 400 g/mol. The Kier molecular flexibility index (Phi) is 4.38. The number of nitrogens with zero attached hydrogens (tertiary/aromatic N) is 2. The fraction of sp³-hybridized carbons (Fsp3) is 0.167. The van der Waals surface area contributed by atoms with Crippen molar-refractivity contribution in [2.45, 2.75) is 19.1 Å². The zero-order valence-corrected chi connectivity index (χ0v) is 17.0. The Morgan fingerprint density at radius 1 is 0.833 bits per heavy atom. The molecule has 3 aromatic carbocycles. The van der Waals surface area contributed by atoms with Gasteiger partial charge in [0.15, 0.2) is 6.10 Å². The van der Waals surface area contributed by atoms with E-state index in [0.717, 1.165) is 11.3 Å². The van der Waals surface area contributed by atoms with Crippen LogP contribution in [0.25, 0.3) is 0 Å². The first-order valence-corrected chi connectivity index (χ1v) is 10.1. The number of carbonyl (C=O) groups excluding carboxylic acids is 2. The molecule has 2 fully saturated rings. The smallest absolute Gasteiger partial charge is 0.266 e. The van der Waals surface area contributed by atoms with E-state index in [1.165, 1.54) is 4.90 Å². The maximum absolute atomic E-state index is 13.7. The van der Waals surface area contributed by atoms with Crippen molar-refractivity contribution < 1.29 is 14.4 Å². The second kappa shape index (κ2) is 6.97. The second-order valence-corrected chi connectivity index (χ2v) is 8.13. The highest BCUT2D eigenvalue weighted by atomic mass is 35.5. The molecule has 5 nitrogen and oxygen atoms in total. The molecule has 0 saturated carbocycles. The number of hydrogen-bond acceptors (Lipinski definition) is 4. The van der Waals surface area contributed by atoms with Gasteiger partial charge in [0.2, 0.25) is 5.91 Å². The number of hydroxylamine groups is 1. The summed E-state index contributed by atoms with van der Waals surface area (Å²) in [7, 11) is 0. The van der Waals surface area contributed by atoms with E-state index in [1.807, 2.05) is 67.6 Å². The van der Waals surface area contributed by atoms with Gasteiger partial charge in [-0.2, -0.15) is 0 Å². The molecule has 6 heteroatoms. The van der Waals surface area contributed by atoms with E-state index in [-0.39, 0.29) is 11.8 Å². The molecule has 150 valence electrons. The number of para-hydroxylation sites is 1. The number of hydrogen-bond donors (Lipinski definition) is 0. The lowest BCUT2D eigenvalue weighted by atomic mass is 9.76. The lowest BCUT2D eigenvalue weighted by Crippen LogP contribution is -2.41. The van der Waals surface area contributed by atoms with Crippen molar-refractivity contribution in [1.29, 1.82) is 0 Å². The van der Waals surface area contributed by atoms with Crippen LogP contribution in [0.5, 0.6) is 0 Å². The average molecular weight is 419 g/mol. The third-order valence-electron chi connectivity index (χ3n) is 5.89. The van der Waals surface area contributed by atoms with Gasteiger partial charge in [0.05, 0.1) is 17.4 Å². The molecule has 0 radical (unpaired) electrons. The van der Waals surface area contributed by atoms with Crippen molar-refractivity contribution in [3.63, 3.8) is 0 Å². The molecule has 2 aliphatic heterocycles. The lowest BCUT2D eigenvalue weighted by molar-refractivity contribution is -0.128. The van der Waals surface area contributed by atoms with Gasteiger partial charge in [-0.3, -0.25) is 14.4 Å². The minimum Gasteiger partial charge on any atom is -0.273 e. The van der Waals surface area contributed by atoms with Gasteiger partial charge in [-0.15, -0.1) is 0 Å². The summed E-state index contributed by atoms with van der Waals surface area (Å²) in [4.78, 5) is 34.5. The van der Waals surface area contributed by atoms with E-state index >= 15 is 0 Å². The number of imide groups is 1. The second-order valence-electron chi connectivity index (χ2n) is 7.70. The Balaban J connectivity index is 1.63. The molecule has 5 rings (SSSR count). The van der Waals surface area contributed by atoms with Crippen LogP contribution >= 0.6 is 11.6 Å². The molecule has 0 spiro atoms. The summed E-state index contributed by atoms with van der Waals surface area (Å²) in [5.74, 6) is -0.656. The number of benzene rings is 3. The lowest BCUT2D eigenvalue weighted by Gasteiger charge is -2.32. The monoisotopic (exact) mass is 418 g/mol. The summed E-state index contributed by atoms with van der Waals surface area (Å²) in [5, 5.41) is 2.24. The highest BCUT2D eigenvalue weighted by Crippen LogP contribution is 2.55. The molecule has 3 atom stereocenters. The molecule has 0 aromatic heterocycles. The van der Waals surface area contributed by atoms with Gasteiger partial charge in [0, 0.05) is 5.02 Å². The summed E-state index contributed by atoms with van der Waals surface area (Å²) in [5.41, 5.74) is 1.10. The van der Waals surface area contributed by atoms with E-state index in [1.54, 1.807) is 29.3 Å². The van der Waals surface area contributed by atoms with E-state index < -0.39 is 17.6 Å². The van der Waals surface area contributed by atoms with Crippen LogP contribution in [0.3, 0.4) is 0 Å². The van der Waals surface area contributed by atoms with Crippen LogP contribution in [-0.2, 0) is 14.4 Å². The van der Waals surface area contributed by atoms with Gasteiger partial charge in [-0.05, 0) is 48.9 Å². The first kappa shape index (κ1) is 18.9. The van der Waals surface area contributed by atoms with Crippen LogP contribution in [0, 0.1) is 5.41 Å². The standard InChI is InChI=1S/C24H19ClN2O3/c1-24-20(16-8-4-2-5-9-16)27(19-10-6-3-7-11-19)30-21(24)22(28)26(23(24)29)18-14-12-17(25)13-15-18/h2-15,20-21H,1H3/t20-,21+,24+/m0/s1. The molecule has 3 aromatic rings. The van der Waals surface area contributed by atoms with Crippen molar-refractivity contribution in [3.05, 3.63) is 95.5 Å². The van der Waals surface area contributed by atoms with Gasteiger partial charge < -0.3 is 0 Å². The largest absolute Gasteiger partial charge is 0.273 e. The number of anilines is 2. The van der Waals surface area contributed by atoms with Gasteiger partial charge in [0.1, 0.15) is 5.41 Å². The molecule has 0 aliphatic carbocycles. The SMILES string of the molecule is C[C@]12C(=O)N(c3ccc(Cl)cc3)C(=O)[C@H]1ON(c1ccccc1)[C@H]2c1ccccc1. The Labute approximate surface area is 179 Å². The van der Waals surface area contributed by atoms with Crippen molar-refractivity contribution in [1.82, 2.24) is 0 Å². The molecule has 0 unspecified atom stereocenters. The number of carbonyl (C=O) groups is 2. The highest BCUT2D eigenvalue weighted by Gasteiger charge is 2.68. The van der Waals surface area contributed by atoms with Gasteiger partial charge in [-0.1, -0.05) is 60.1 Å². The Morgan fingerprint density at radius 2 is 1.43 bits per heavy atom. The summed E-state index contributed by atoms with van der Waals surface area (Å²) in [6.45, 7) is 1.81. The fourth-order valence-electron chi connectivity index (χ4n) is 4.40. The van der Waals surface area contributed by atoms with Crippen LogP contribution in [0.15, 0.2) is 84.9 Å². The van der Waals surface area contributed by atoms with Gasteiger partial charge >= 0.3 is 0 Å². The van der Waals surface area contributed by atoms with Crippen LogP contribution in [0.1, 0.15) is 18.5 Å². The zero-order valence-electron chi connectivity index (χ0n) is 16.2. The highest BCUT2D eigenvalue weighted by molar-refractivity contribution is 6.31. The molecule has 2 saturated heterocycles. The predicted molar refractivity (Wildman–Crippen MR) is 115 cm³/mol. The quantitative estimate of drug-likeness (QED) is 0.574. The molecule has 2 aliphatic rings. The minimum atomic E-state index is -1.09. The summed E-state index contributed by atoms with van der Waals surface area (Å²) < 4.78 is 0. The van der Waals surface area contributed by atoms with E-state index in [9.17, 15) is 9.59 Å². The van der Waals surface area contributed by atoms with E-state index in [0.29, 0.717) is 10.7 Å². The molecule has 30 heavy (non-hydrogen) atoms. The van der Waals surface area contributed by atoms with E-state index in [4.69, 9.17) is 16.4 Å². The molecular formula is C24H19ClN2O3. The third-order valence-corrected chi connectivity index (χ3v) is 6.14. The van der Waals surface area contributed by atoms with Crippen LogP contribution in [-0.4, -0.2) is 17.9 Å². The Hall–Kier alpha value is -3.15. The number of halogens is 1. The maximum Gasteiger partial charge on any atom is 0.266 e. The van der Waals surface area contributed by atoms with Crippen molar-refractivity contribution >= 4 is 34.8 Å². The predicted octanol–water partition coefficient (Wildman–Crippen LogP) is 4.78. The van der Waals surface area contributed by atoms with Gasteiger partial charge in [-0.25, -0.2) is 9.96 Å². The summed E-state index contributed by atoms with van der Waals surface area (Å²) >= 11 is 5.98. The van der Waals surface area contributed by atoms with Crippen LogP contribution in [0.2, 0.25) is 5.02 Å². The number of fused-ring (bicyclic) bond motifs is 1. The first-order chi connectivity index (χ1) is 14.5. The Bertz CT molecular complexity index is 1100. The first-order valence-electron chi connectivity index (χ1n) is 9.72. The normalized spacial score (nSPS) is 25.7. The molecule has 2 amide bonds. The fourth-order valence-corrected chi connectivity index (χ4v) is 4.52. The van der Waals surface area contributed by atoms with Gasteiger partial charge in [0.25, 0.3) is 5.91 Å². The van der Waals surface area contributed by atoms with Crippen molar-refractivity contribution in [2.24, 2.45) is 5.41 Å². The van der Waals surface area contributed by atoms with Crippen molar-refractivity contribution in [3.8, 4) is 0 Å². The number of rotatable bonds is 3. The van der Waals surface area contributed by atoms with Crippen LogP contribution < -0.4 is 9.96 Å². The molecule has 0 N–H and O–H groups in total. The average Bonchev–Trinajstić information content (AvgIpc) is 3.19. The van der Waals surface area contributed by atoms with E-state index in [2.05, 4.69) is 0 Å². The minimum absolute atomic E-state index is 0.285. The maximum atomic E-state index is 13.7. The Morgan fingerprint density at radius 3 is 2.07 bits per heavy atom. The number of amides is 2. The van der Waals surface area contributed by atoms with Crippen LogP contribution in [0.4, 0.5) is 11.4 Å². The summed E-state index contributed by atoms with van der Waals surface area (Å²) in [6, 6.07) is 25.5. The third kappa shape index (κ3) is 2.66. The molecule has 2 heterocycles. The van der Waals surface area contributed by atoms with Crippen molar-refractivity contribution in [2.75, 3.05) is 9.96 Å². The molecule has 0 bridgehead atoms.